The summed E-state index contributed by atoms with van der Waals surface area (Å²) in [6, 6.07) is 9.06. The van der Waals surface area contributed by atoms with Gasteiger partial charge in [-0.05, 0) is 12.5 Å². The van der Waals surface area contributed by atoms with Crippen molar-refractivity contribution in [1.82, 2.24) is 0 Å². The molecule has 0 unspecified atom stereocenters. The number of carbonyl (C=O) groups is 1. The summed E-state index contributed by atoms with van der Waals surface area (Å²) in [4.78, 5) is 10.8. The Hall–Kier alpha value is -1.42. The van der Waals surface area contributed by atoms with E-state index in [2.05, 4.69) is 4.74 Å². The number of rotatable bonds is 5. The van der Waals surface area contributed by atoms with Crippen LogP contribution in [0.2, 0.25) is 0 Å². The molecule has 0 bridgehead atoms. The minimum Gasteiger partial charge on any atom is -0.462 e. The van der Waals surface area contributed by atoms with Crippen molar-refractivity contribution in [3.8, 4) is 0 Å². The molecule has 1 aromatic carbocycles. The lowest BCUT2D eigenvalue weighted by Crippen LogP contribution is -2.21. The molecule has 3 nitrogen and oxygen atoms in total. The van der Waals surface area contributed by atoms with Crippen LogP contribution >= 0.6 is 0 Å². The van der Waals surface area contributed by atoms with Gasteiger partial charge in [0.1, 0.15) is 0 Å². The molecule has 0 aliphatic heterocycles. The van der Waals surface area contributed by atoms with E-state index in [4.69, 9.17) is 4.74 Å². The first-order valence-corrected chi connectivity index (χ1v) is 4.70. The fourth-order valence-electron chi connectivity index (χ4n) is 1.02. The minimum atomic E-state index is -2.01. The van der Waals surface area contributed by atoms with Gasteiger partial charge in [-0.15, -0.1) is 0 Å². The Bertz CT molecular complexity index is 300. The Morgan fingerprint density at radius 3 is 2.67 bits per heavy atom. The fraction of sp³-hybridized carbons (Fsp3) is 0.364. The van der Waals surface area contributed by atoms with Crippen LogP contribution in [0.3, 0.4) is 0 Å². The number of hydrogen-bond acceptors (Lipinski definition) is 3. The van der Waals surface area contributed by atoms with Gasteiger partial charge in [0, 0.05) is 0 Å². The van der Waals surface area contributed by atoms with Gasteiger partial charge in [0.15, 0.2) is 0 Å². The van der Waals surface area contributed by atoms with Crippen LogP contribution in [-0.4, -0.2) is 18.9 Å². The highest BCUT2D eigenvalue weighted by molar-refractivity contribution is 5.72. The van der Waals surface area contributed by atoms with Crippen molar-refractivity contribution in [2.75, 3.05) is 6.61 Å². The number of esters is 1. The summed E-state index contributed by atoms with van der Waals surface area (Å²) < 4.78 is 22.1. The van der Waals surface area contributed by atoms with E-state index in [0.717, 1.165) is 5.56 Å². The van der Waals surface area contributed by atoms with E-state index in [-0.39, 0.29) is 13.2 Å². The maximum absolute atomic E-state index is 13.0. The van der Waals surface area contributed by atoms with Crippen LogP contribution in [0.1, 0.15) is 12.5 Å². The highest BCUT2D eigenvalue weighted by Gasteiger charge is 2.18. The van der Waals surface area contributed by atoms with Crippen LogP contribution in [0, 0.1) is 0 Å². The lowest BCUT2D eigenvalue weighted by molar-refractivity contribution is -0.170. The van der Waals surface area contributed by atoms with Gasteiger partial charge < -0.3 is 9.47 Å². The van der Waals surface area contributed by atoms with E-state index in [1.165, 1.54) is 0 Å². The maximum Gasteiger partial charge on any atom is 0.368 e. The van der Waals surface area contributed by atoms with E-state index < -0.39 is 12.3 Å². The number of alkyl halides is 1. The Labute approximate surface area is 87.8 Å². The summed E-state index contributed by atoms with van der Waals surface area (Å²) in [6.45, 7) is 1.82. The Morgan fingerprint density at radius 2 is 2.07 bits per heavy atom. The molecule has 0 aliphatic carbocycles. The van der Waals surface area contributed by atoms with Gasteiger partial charge in [0.25, 0.3) is 6.36 Å². The molecule has 0 saturated carbocycles. The van der Waals surface area contributed by atoms with Crippen molar-refractivity contribution in [3.05, 3.63) is 35.9 Å². The normalized spacial score (nSPS) is 12.1. The molecular formula is C11H13FO3. The molecule has 82 valence electrons. The third kappa shape index (κ3) is 4.08. The molecule has 4 heteroatoms. The van der Waals surface area contributed by atoms with Gasteiger partial charge in [-0.25, -0.2) is 9.18 Å². The summed E-state index contributed by atoms with van der Waals surface area (Å²) in [5.41, 5.74) is 0.810. The van der Waals surface area contributed by atoms with Crippen molar-refractivity contribution in [1.29, 1.82) is 0 Å². The SMILES string of the molecule is CCOC(=O)[C@H](F)OCc1ccccc1. The number of halogens is 1. The van der Waals surface area contributed by atoms with Gasteiger partial charge in [0.05, 0.1) is 13.2 Å². The van der Waals surface area contributed by atoms with E-state index >= 15 is 0 Å². The number of benzene rings is 1. The third-order valence-corrected chi connectivity index (χ3v) is 1.71. The van der Waals surface area contributed by atoms with Crippen molar-refractivity contribution >= 4 is 5.97 Å². The lowest BCUT2D eigenvalue weighted by atomic mass is 10.2. The highest BCUT2D eigenvalue weighted by atomic mass is 19.1. The summed E-state index contributed by atoms with van der Waals surface area (Å²) in [5, 5.41) is 0. The molecule has 0 spiro atoms. The number of hydrogen-bond donors (Lipinski definition) is 0. The van der Waals surface area contributed by atoms with Crippen molar-refractivity contribution in [2.45, 2.75) is 19.9 Å². The van der Waals surface area contributed by atoms with Crippen molar-refractivity contribution < 1.29 is 18.7 Å². The fourth-order valence-corrected chi connectivity index (χ4v) is 1.02. The molecule has 0 heterocycles. The number of carbonyl (C=O) groups excluding carboxylic acids is 1. The van der Waals surface area contributed by atoms with Crippen LogP contribution in [0.25, 0.3) is 0 Å². The summed E-state index contributed by atoms with van der Waals surface area (Å²) in [6.07, 6.45) is -2.01. The molecule has 0 aliphatic rings. The second-order valence-electron chi connectivity index (χ2n) is 2.86. The Morgan fingerprint density at radius 1 is 1.40 bits per heavy atom. The zero-order valence-electron chi connectivity index (χ0n) is 8.48. The Balaban J connectivity index is 2.34. The molecule has 0 radical (unpaired) electrons. The first-order valence-electron chi connectivity index (χ1n) is 4.70. The summed E-state index contributed by atoms with van der Waals surface area (Å²) in [5.74, 6) is -0.978. The molecule has 0 amide bonds. The summed E-state index contributed by atoms with van der Waals surface area (Å²) >= 11 is 0. The quantitative estimate of drug-likeness (QED) is 0.701. The topological polar surface area (TPSA) is 35.5 Å². The predicted octanol–water partition coefficient (Wildman–Crippen LogP) is 2.06. The predicted molar refractivity (Wildman–Crippen MR) is 52.8 cm³/mol. The van der Waals surface area contributed by atoms with Crippen LogP contribution in [-0.2, 0) is 20.9 Å². The van der Waals surface area contributed by atoms with E-state index in [1.807, 2.05) is 18.2 Å². The smallest absolute Gasteiger partial charge is 0.368 e. The average molecular weight is 212 g/mol. The first-order chi connectivity index (χ1) is 7.24. The number of ether oxygens (including phenoxy) is 2. The lowest BCUT2D eigenvalue weighted by Gasteiger charge is -2.08. The van der Waals surface area contributed by atoms with Crippen LogP contribution in [0.15, 0.2) is 30.3 Å². The molecule has 1 rings (SSSR count). The molecule has 1 atom stereocenters. The zero-order valence-corrected chi connectivity index (χ0v) is 8.48. The molecule has 0 N–H and O–H groups in total. The second kappa shape index (κ2) is 6.14. The summed E-state index contributed by atoms with van der Waals surface area (Å²) in [7, 11) is 0. The third-order valence-electron chi connectivity index (χ3n) is 1.71. The van der Waals surface area contributed by atoms with Crippen LogP contribution in [0.5, 0.6) is 0 Å². The first kappa shape index (κ1) is 11.7. The van der Waals surface area contributed by atoms with E-state index in [9.17, 15) is 9.18 Å². The minimum absolute atomic E-state index is 0.0564. The molecule has 15 heavy (non-hydrogen) atoms. The van der Waals surface area contributed by atoms with Gasteiger partial charge in [-0.3, -0.25) is 0 Å². The Kier molecular flexibility index (Phi) is 4.77. The van der Waals surface area contributed by atoms with Crippen molar-refractivity contribution in [3.63, 3.8) is 0 Å². The van der Waals surface area contributed by atoms with Gasteiger partial charge in [-0.1, -0.05) is 30.3 Å². The van der Waals surface area contributed by atoms with Gasteiger partial charge in [0.2, 0.25) is 0 Å². The molecule has 0 aromatic heterocycles. The standard InChI is InChI=1S/C11H13FO3/c1-2-14-11(13)10(12)15-8-9-6-4-3-5-7-9/h3-7,10H,2,8H2,1H3/t10-/m1/s1. The molecule has 1 aromatic rings. The second-order valence-corrected chi connectivity index (χ2v) is 2.86. The zero-order chi connectivity index (χ0) is 11.1. The van der Waals surface area contributed by atoms with Crippen molar-refractivity contribution in [2.24, 2.45) is 0 Å². The highest BCUT2D eigenvalue weighted by Crippen LogP contribution is 2.05. The van der Waals surface area contributed by atoms with E-state index in [0.29, 0.717) is 0 Å². The average Bonchev–Trinajstić information content (AvgIpc) is 2.27. The van der Waals surface area contributed by atoms with E-state index in [1.54, 1.807) is 19.1 Å². The largest absolute Gasteiger partial charge is 0.462 e. The maximum atomic E-state index is 13.0. The molecule has 0 fully saturated rings. The monoisotopic (exact) mass is 212 g/mol. The van der Waals surface area contributed by atoms with Crippen LogP contribution < -0.4 is 0 Å². The molecule has 0 saturated heterocycles. The van der Waals surface area contributed by atoms with Crippen LogP contribution in [0.4, 0.5) is 4.39 Å². The van der Waals surface area contributed by atoms with Gasteiger partial charge in [-0.2, -0.15) is 0 Å². The van der Waals surface area contributed by atoms with Gasteiger partial charge >= 0.3 is 5.97 Å². The molecular weight excluding hydrogens is 199 g/mol.